The fourth-order valence-corrected chi connectivity index (χ4v) is 4.87. The molecule has 0 radical (unpaired) electrons. The summed E-state index contributed by atoms with van der Waals surface area (Å²) in [6, 6.07) is 8.68. The molecule has 0 aliphatic carbocycles. The summed E-state index contributed by atoms with van der Waals surface area (Å²) < 4.78 is 47.9. The quantitative estimate of drug-likeness (QED) is 0.328. The molecule has 4 aromatic rings. The van der Waals surface area contributed by atoms with Crippen molar-refractivity contribution in [1.82, 2.24) is 29.7 Å². The lowest BCUT2D eigenvalue weighted by molar-refractivity contribution is 0.0949. The van der Waals surface area contributed by atoms with Crippen LogP contribution in [0.15, 0.2) is 55.1 Å². The van der Waals surface area contributed by atoms with E-state index < -0.39 is 21.4 Å². The molecule has 0 fully saturated rings. The number of nitrogens with zero attached hydrogens (tertiary/aromatic N) is 6. The van der Waals surface area contributed by atoms with Crippen molar-refractivity contribution < 1.29 is 22.6 Å². The summed E-state index contributed by atoms with van der Waals surface area (Å²) in [5.74, 6) is 1.37. The maximum atomic E-state index is 13.6. The molecule has 0 saturated heterocycles. The fraction of sp³-hybridized carbons (Fsp3) is 0.292. The number of rotatable bonds is 10. The average molecular weight is 526 g/mol. The average Bonchev–Trinajstić information content (AvgIpc) is 3.32. The lowest BCUT2D eigenvalue weighted by Crippen LogP contribution is -2.33. The van der Waals surface area contributed by atoms with E-state index in [0.29, 0.717) is 28.6 Å². The van der Waals surface area contributed by atoms with Crippen LogP contribution in [0.3, 0.4) is 0 Å². The van der Waals surface area contributed by atoms with E-state index in [1.54, 1.807) is 55.1 Å². The molecule has 1 aromatic carbocycles. The highest BCUT2D eigenvalue weighted by molar-refractivity contribution is 7.93. The van der Waals surface area contributed by atoms with Gasteiger partial charge in [-0.1, -0.05) is 6.07 Å². The second-order valence-electron chi connectivity index (χ2n) is 8.06. The highest BCUT2D eigenvalue weighted by Gasteiger charge is 2.35. The lowest BCUT2D eigenvalue weighted by Gasteiger charge is -2.23. The van der Waals surface area contributed by atoms with Crippen molar-refractivity contribution in [2.24, 2.45) is 0 Å². The van der Waals surface area contributed by atoms with Crippen LogP contribution in [0.1, 0.15) is 24.4 Å². The SMILES string of the molecule is COc1cccc(OC)c1-n1c(NS(=O)(=O)[C@@H](C)[C@H](OC)c2ncc(C)cn2)nnc1-c1ccncc1. The molecule has 0 aliphatic heterocycles. The molecule has 0 saturated carbocycles. The van der Waals surface area contributed by atoms with Crippen molar-refractivity contribution in [3.8, 4) is 28.6 Å². The van der Waals surface area contributed by atoms with Crippen LogP contribution in [0.2, 0.25) is 0 Å². The number of anilines is 1. The highest BCUT2D eigenvalue weighted by atomic mass is 32.2. The molecule has 0 amide bonds. The van der Waals surface area contributed by atoms with Crippen LogP contribution in [0.5, 0.6) is 11.5 Å². The van der Waals surface area contributed by atoms with Gasteiger partial charge in [0.25, 0.3) is 0 Å². The number of para-hydroxylation sites is 1. The third-order valence-electron chi connectivity index (χ3n) is 5.69. The Labute approximate surface area is 214 Å². The van der Waals surface area contributed by atoms with Gasteiger partial charge in [-0.3, -0.25) is 14.3 Å². The molecular formula is C24H27N7O5S. The van der Waals surface area contributed by atoms with Gasteiger partial charge in [-0.05, 0) is 43.7 Å². The predicted octanol–water partition coefficient (Wildman–Crippen LogP) is 2.96. The van der Waals surface area contributed by atoms with Gasteiger partial charge in [-0.25, -0.2) is 18.4 Å². The normalized spacial score (nSPS) is 13.1. The van der Waals surface area contributed by atoms with Crippen molar-refractivity contribution in [3.05, 3.63) is 66.5 Å². The molecule has 4 rings (SSSR count). The smallest absolute Gasteiger partial charge is 0.243 e. The van der Waals surface area contributed by atoms with Gasteiger partial charge < -0.3 is 14.2 Å². The van der Waals surface area contributed by atoms with Crippen LogP contribution in [-0.4, -0.2) is 64.7 Å². The Hall–Kier alpha value is -4.10. The van der Waals surface area contributed by atoms with Gasteiger partial charge in [0.05, 0.1) is 14.2 Å². The van der Waals surface area contributed by atoms with Crippen LogP contribution in [-0.2, 0) is 14.8 Å². The molecule has 0 aliphatic rings. The largest absolute Gasteiger partial charge is 0.494 e. The van der Waals surface area contributed by atoms with E-state index in [2.05, 4.69) is 29.9 Å². The van der Waals surface area contributed by atoms with Crippen molar-refractivity contribution in [3.63, 3.8) is 0 Å². The minimum absolute atomic E-state index is 0.0684. The molecule has 3 aromatic heterocycles. The third kappa shape index (κ3) is 5.22. The van der Waals surface area contributed by atoms with Crippen LogP contribution in [0, 0.1) is 6.92 Å². The Morgan fingerprint density at radius 3 is 2.14 bits per heavy atom. The number of benzene rings is 1. The van der Waals surface area contributed by atoms with Crippen molar-refractivity contribution in [1.29, 1.82) is 0 Å². The minimum atomic E-state index is -4.09. The summed E-state index contributed by atoms with van der Waals surface area (Å²) in [6.45, 7) is 3.35. The molecular weight excluding hydrogens is 498 g/mol. The zero-order valence-electron chi connectivity index (χ0n) is 21.0. The van der Waals surface area contributed by atoms with Gasteiger partial charge in [-0.15, -0.1) is 10.2 Å². The molecule has 194 valence electrons. The van der Waals surface area contributed by atoms with Crippen molar-refractivity contribution >= 4 is 16.0 Å². The van der Waals surface area contributed by atoms with Crippen molar-refractivity contribution in [2.45, 2.75) is 25.2 Å². The number of pyridine rings is 1. The van der Waals surface area contributed by atoms with E-state index in [0.717, 1.165) is 5.56 Å². The van der Waals surface area contributed by atoms with Gasteiger partial charge in [0.15, 0.2) is 11.6 Å². The maximum Gasteiger partial charge on any atom is 0.243 e. The molecule has 13 heteroatoms. The number of sulfonamides is 1. The topological polar surface area (TPSA) is 143 Å². The molecule has 12 nitrogen and oxygen atoms in total. The summed E-state index contributed by atoms with van der Waals surface area (Å²) in [7, 11) is 0.323. The minimum Gasteiger partial charge on any atom is -0.494 e. The van der Waals surface area contributed by atoms with E-state index >= 15 is 0 Å². The second-order valence-corrected chi connectivity index (χ2v) is 10.1. The predicted molar refractivity (Wildman–Crippen MR) is 136 cm³/mol. The fourth-order valence-electron chi connectivity index (χ4n) is 3.74. The van der Waals surface area contributed by atoms with Crippen LogP contribution < -0.4 is 14.2 Å². The number of nitrogens with one attached hydrogen (secondary N) is 1. The molecule has 0 bridgehead atoms. The number of aromatic nitrogens is 6. The number of methoxy groups -OCH3 is 3. The number of hydrogen-bond donors (Lipinski definition) is 1. The van der Waals surface area contributed by atoms with Crippen molar-refractivity contribution in [2.75, 3.05) is 26.1 Å². The molecule has 3 heterocycles. The summed E-state index contributed by atoms with van der Waals surface area (Å²) >= 11 is 0. The molecule has 2 atom stereocenters. The van der Waals surface area contributed by atoms with E-state index in [4.69, 9.17) is 14.2 Å². The van der Waals surface area contributed by atoms with Crippen LogP contribution in [0.25, 0.3) is 17.1 Å². The monoisotopic (exact) mass is 525 g/mol. The van der Waals surface area contributed by atoms with E-state index in [1.165, 1.54) is 32.8 Å². The zero-order chi connectivity index (χ0) is 26.6. The first-order valence-electron chi connectivity index (χ1n) is 11.2. The summed E-state index contributed by atoms with van der Waals surface area (Å²) in [4.78, 5) is 12.5. The second kappa shape index (κ2) is 10.9. The van der Waals surface area contributed by atoms with Crippen LogP contribution in [0.4, 0.5) is 5.95 Å². The Kier molecular flexibility index (Phi) is 7.64. The lowest BCUT2D eigenvalue weighted by atomic mass is 10.2. The van der Waals surface area contributed by atoms with Gasteiger partial charge in [0.2, 0.25) is 16.0 Å². The zero-order valence-corrected chi connectivity index (χ0v) is 21.8. The first-order chi connectivity index (χ1) is 17.8. The number of aryl methyl sites for hydroxylation is 1. The van der Waals surface area contributed by atoms with Gasteiger partial charge in [0.1, 0.15) is 28.5 Å². The number of ether oxygens (including phenoxy) is 3. The van der Waals surface area contributed by atoms with Gasteiger partial charge in [-0.2, -0.15) is 0 Å². The Morgan fingerprint density at radius 2 is 1.57 bits per heavy atom. The standard InChI is InChI=1S/C24H27N7O5S/c1-15-13-26-22(27-14-15)21(36-5)16(2)37(32,33)30-24-29-28-23(17-9-11-25-12-10-17)31(24)20-18(34-3)7-6-8-19(20)35-4/h6-14,16,21H,1-5H3,(H,29,30)/t16-,21-/m0/s1. The Balaban J connectivity index is 1.83. The number of hydrogen-bond acceptors (Lipinski definition) is 10. The first-order valence-corrected chi connectivity index (χ1v) is 12.8. The molecule has 37 heavy (non-hydrogen) atoms. The Bertz CT molecular complexity index is 1440. The Morgan fingerprint density at radius 1 is 0.946 bits per heavy atom. The van der Waals surface area contributed by atoms with Gasteiger partial charge in [0, 0.05) is 37.5 Å². The van der Waals surface area contributed by atoms with E-state index in [1.807, 2.05) is 6.92 Å². The summed E-state index contributed by atoms with van der Waals surface area (Å²) in [5, 5.41) is 7.37. The first kappa shape index (κ1) is 26.0. The third-order valence-corrected chi connectivity index (χ3v) is 7.38. The van der Waals surface area contributed by atoms with E-state index in [9.17, 15) is 8.42 Å². The molecule has 0 spiro atoms. The van der Waals surface area contributed by atoms with Gasteiger partial charge >= 0.3 is 0 Å². The maximum absolute atomic E-state index is 13.6. The molecule has 1 N–H and O–H groups in total. The van der Waals surface area contributed by atoms with E-state index in [-0.39, 0.29) is 11.8 Å². The summed E-state index contributed by atoms with van der Waals surface area (Å²) in [5.41, 5.74) is 1.91. The van der Waals surface area contributed by atoms with Crippen LogP contribution >= 0.6 is 0 Å². The highest BCUT2D eigenvalue weighted by Crippen LogP contribution is 2.38. The molecule has 0 unspecified atom stereocenters. The summed E-state index contributed by atoms with van der Waals surface area (Å²) in [6.07, 6.45) is 5.48.